The molecule has 1 spiro atoms. The zero-order chi connectivity index (χ0) is 21.9. The second-order valence-corrected chi connectivity index (χ2v) is 7.79. The molecule has 0 radical (unpaired) electrons. The van der Waals surface area contributed by atoms with Crippen molar-refractivity contribution >= 4 is 35.3 Å². The third-order valence-electron chi connectivity index (χ3n) is 5.71. The third-order valence-corrected chi connectivity index (χ3v) is 5.71. The number of nitrogens with one attached hydrogen (secondary N) is 2. The minimum atomic E-state index is -0.950. The molecule has 2 aliphatic rings. The molecule has 0 bridgehead atoms. The number of hydrogen-bond donors (Lipinski definition) is 2. The average molecular weight is 415 g/mol. The molecule has 1 heterocycles. The van der Waals surface area contributed by atoms with Crippen LogP contribution in [0.15, 0.2) is 24.3 Å². The number of Topliss-reactive ketones (excluding diaryl/α,β-unsaturated/α-hetero) is 1. The molecule has 3 rings (SSSR count). The van der Waals surface area contributed by atoms with Crippen LogP contribution in [0.5, 0.6) is 0 Å². The topological polar surface area (TPSA) is 122 Å². The molecule has 9 heteroatoms. The Kier molecular flexibility index (Phi) is 6.19. The SMILES string of the molecule is CC(=O)c1cccc(NC(=O)COC(=O)CN2C(=O)N[C@@]3(CCCC[C@@H]3C)C2=O)c1. The van der Waals surface area contributed by atoms with Gasteiger partial charge in [0.2, 0.25) is 0 Å². The highest BCUT2D eigenvalue weighted by molar-refractivity contribution is 6.09. The van der Waals surface area contributed by atoms with Crippen molar-refractivity contribution in [1.29, 1.82) is 0 Å². The van der Waals surface area contributed by atoms with Crippen LogP contribution in [-0.4, -0.2) is 53.2 Å². The Hall–Kier alpha value is -3.23. The number of nitrogens with zero attached hydrogens (tertiary/aromatic N) is 1. The third kappa shape index (κ3) is 4.34. The number of carbonyl (C=O) groups is 5. The van der Waals surface area contributed by atoms with Crippen molar-refractivity contribution in [2.24, 2.45) is 5.92 Å². The van der Waals surface area contributed by atoms with E-state index in [9.17, 15) is 24.0 Å². The molecule has 1 saturated carbocycles. The van der Waals surface area contributed by atoms with E-state index in [1.807, 2.05) is 6.92 Å². The van der Waals surface area contributed by atoms with Crippen LogP contribution >= 0.6 is 0 Å². The van der Waals surface area contributed by atoms with Crippen LogP contribution in [0.25, 0.3) is 0 Å². The van der Waals surface area contributed by atoms with Gasteiger partial charge in [0.05, 0.1) is 0 Å². The first-order valence-corrected chi connectivity index (χ1v) is 9.93. The lowest BCUT2D eigenvalue weighted by Gasteiger charge is -2.36. The fourth-order valence-electron chi connectivity index (χ4n) is 3.97. The molecule has 0 unspecified atom stereocenters. The van der Waals surface area contributed by atoms with Crippen molar-refractivity contribution in [3.8, 4) is 0 Å². The summed E-state index contributed by atoms with van der Waals surface area (Å²) in [6.07, 6.45) is 3.21. The van der Waals surface area contributed by atoms with E-state index in [4.69, 9.17) is 4.74 Å². The first-order valence-electron chi connectivity index (χ1n) is 9.93. The van der Waals surface area contributed by atoms with Crippen LogP contribution in [0.4, 0.5) is 10.5 Å². The second kappa shape index (κ2) is 8.64. The molecule has 30 heavy (non-hydrogen) atoms. The lowest BCUT2D eigenvalue weighted by Crippen LogP contribution is -2.54. The molecule has 1 saturated heterocycles. The lowest BCUT2D eigenvalue weighted by molar-refractivity contribution is -0.150. The number of amides is 4. The molecule has 1 aromatic rings. The van der Waals surface area contributed by atoms with Crippen LogP contribution in [-0.2, 0) is 19.1 Å². The monoisotopic (exact) mass is 415 g/mol. The summed E-state index contributed by atoms with van der Waals surface area (Å²) in [6.45, 7) is 2.21. The van der Waals surface area contributed by atoms with Gasteiger partial charge in [-0.15, -0.1) is 0 Å². The number of carbonyl (C=O) groups excluding carboxylic acids is 5. The fourth-order valence-corrected chi connectivity index (χ4v) is 3.97. The van der Waals surface area contributed by atoms with Gasteiger partial charge >= 0.3 is 12.0 Å². The van der Waals surface area contributed by atoms with E-state index in [1.165, 1.54) is 13.0 Å². The Bertz CT molecular complexity index is 898. The first kappa shape index (κ1) is 21.5. The molecule has 1 aliphatic carbocycles. The number of hydrogen-bond acceptors (Lipinski definition) is 6. The zero-order valence-electron chi connectivity index (χ0n) is 17.0. The Morgan fingerprint density at radius 3 is 2.73 bits per heavy atom. The summed E-state index contributed by atoms with van der Waals surface area (Å²) in [6, 6.07) is 5.74. The molecule has 2 N–H and O–H groups in total. The number of esters is 1. The van der Waals surface area contributed by atoms with Crippen LogP contribution in [0, 0.1) is 5.92 Å². The van der Waals surface area contributed by atoms with Gasteiger partial charge in [-0.25, -0.2) is 4.79 Å². The molecule has 0 aromatic heterocycles. The van der Waals surface area contributed by atoms with E-state index in [0.717, 1.165) is 24.2 Å². The van der Waals surface area contributed by atoms with Gasteiger partial charge in [-0.05, 0) is 37.8 Å². The van der Waals surface area contributed by atoms with Gasteiger partial charge in [0, 0.05) is 11.3 Å². The number of rotatable bonds is 6. The lowest BCUT2D eigenvalue weighted by atomic mass is 9.73. The highest BCUT2D eigenvalue weighted by Crippen LogP contribution is 2.38. The van der Waals surface area contributed by atoms with E-state index >= 15 is 0 Å². The van der Waals surface area contributed by atoms with Crippen LogP contribution in [0.2, 0.25) is 0 Å². The van der Waals surface area contributed by atoms with Gasteiger partial charge in [-0.3, -0.25) is 24.1 Å². The fraction of sp³-hybridized carbons (Fsp3) is 0.476. The highest BCUT2D eigenvalue weighted by atomic mass is 16.5. The van der Waals surface area contributed by atoms with Gasteiger partial charge in [-0.2, -0.15) is 0 Å². The van der Waals surface area contributed by atoms with Crippen molar-refractivity contribution < 1.29 is 28.7 Å². The van der Waals surface area contributed by atoms with E-state index in [1.54, 1.807) is 18.2 Å². The minimum Gasteiger partial charge on any atom is -0.454 e. The van der Waals surface area contributed by atoms with Gasteiger partial charge in [0.1, 0.15) is 12.1 Å². The summed E-state index contributed by atoms with van der Waals surface area (Å²) in [7, 11) is 0. The summed E-state index contributed by atoms with van der Waals surface area (Å²) >= 11 is 0. The van der Waals surface area contributed by atoms with E-state index < -0.39 is 42.5 Å². The van der Waals surface area contributed by atoms with Gasteiger partial charge in [0.15, 0.2) is 12.4 Å². The van der Waals surface area contributed by atoms with Crippen molar-refractivity contribution in [2.75, 3.05) is 18.5 Å². The van der Waals surface area contributed by atoms with Crippen molar-refractivity contribution in [1.82, 2.24) is 10.2 Å². The zero-order valence-corrected chi connectivity index (χ0v) is 17.0. The van der Waals surface area contributed by atoms with Crippen molar-refractivity contribution in [3.05, 3.63) is 29.8 Å². The number of imide groups is 1. The molecule has 2 atom stereocenters. The van der Waals surface area contributed by atoms with E-state index in [0.29, 0.717) is 17.7 Å². The standard InChI is InChI=1S/C21H25N3O6/c1-13-6-3-4-9-21(13)19(28)24(20(29)23-21)11-18(27)30-12-17(26)22-16-8-5-7-15(10-16)14(2)25/h5,7-8,10,13H,3-4,6,9,11-12H2,1-2H3,(H,22,26)(H,23,29)/t13-,21+/m0/s1. The Labute approximate surface area is 174 Å². The smallest absolute Gasteiger partial charge is 0.326 e. The molecule has 160 valence electrons. The largest absolute Gasteiger partial charge is 0.454 e. The number of ketones is 1. The minimum absolute atomic E-state index is 0.0136. The predicted molar refractivity (Wildman–Crippen MR) is 107 cm³/mol. The maximum absolute atomic E-state index is 12.8. The summed E-state index contributed by atoms with van der Waals surface area (Å²) in [5.41, 5.74) is -0.116. The number of ether oxygens (including phenoxy) is 1. The van der Waals surface area contributed by atoms with Gasteiger partial charge < -0.3 is 15.4 Å². The van der Waals surface area contributed by atoms with Crippen LogP contribution in [0.3, 0.4) is 0 Å². The summed E-state index contributed by atoms with van der Waals surface area (Å²) in [4.78, 5) is 61.5. The van der Waals surface area contributed by atoms with Crippen LogP contribution in [0.1, 0.15) is 49.9 Å². The quantitative estimate of drug-likeness (QED) is 0.416. The summed E-state index contributed by atoms with van der Waals surface area (Å²) < 4.78 is 4.92. The Morgan fingerprint density at radius 1 is 1.27 bits per heavy atom. The van der Waals surface area contributed by atoms with Crippen LogP contribution < -0.4 is 10.6 Å². The van der Waals surface area contributed by atoms with Crippen molar-refractivity contribution in [2.45, 2.75) is 45.1 Å². The Balaban J connectivity index is 1.52. The number of urea groups is 1. The maximum Gasteiger partial charge on any atom is 0.326 e. The molecule has 9 nitrogen and oxygen atoms in total. The second-order valence-electron chi connectivity index (χ2n) is 7.79. The summed E-state index contributed by atoms with van der Waals surface area (Å²) in [5.74, 6) is -2.02. The maximum atomic E-state index is 12.8. The average Bonchev–Trinajstić information content (AvgIpc) is 2.94. The normalized spacial score (nSPS) is 23.3. The van der Waals surface area contributed by atoms with E-state index in [2.05, 4.69) is 10.6 Å². The van der Waals surface area contributed by atoms with E-state index in [-0.39, 0.29) is 11.7 Å². The van der Waals surface area contributed by atoms with Crippen molar-refractivity contribution in [3.63, 3.8) is 0 Å². The van der Waals surface area contributed by atoms with Gasteiger partial charge in [-0.1, -0.05) is 31.9 Å². The summed E-state index contributed by atoms with van der Waals surface area (Å²) in [5, 5.41) is 5.29. The molecule has 2 fully saturated rings. The van der Waals surface area contributed by atoms with Gasteiger partial charge in [0.25, 0.3) is 11.8 Å². The Morgan fingerprint density at radius 2 is 2.03 bits per heavy atom. The number of benzene rings is 1. The first-order chi connectivity index (χ1) is 14.2. The molecule has 1 aromatic carbocycles. The molecular formula is C21H25N3O6. The predicted octanol–water partition coefficient (Wildman–Crippen LogP) is 1.87. The molecular weight excluding hydrogens is 390 g/mol. The highest BCUT2D eigenvalue weighted by Gasteiger charge is 2.55. The number of anilines is 1. The molecule has 4 amide bonds. The molecule has 1 aliphatic heterocycles.